The molecule has 0 aromatic rings. The van der Waals surface area contributed by atoms with Gasteiger partial charge in [-0.2, -0.15) is 0 Å². The molecule has 3 nitrogen and oxygen atoms in total. The predicted molar refractivity (Wildman–Crippen MR) is 54.8 cm³/mol. The van der Waals surface area contributed by atoms with Crippen LogP contribution in [0.25, 0.3) is 10.4 Å². The number of rotatable bonds is 3. The van der Waals surface area contributed by atoms with Crippen LogP contribution in [0.3, 0.4) is 0 Å². The summed E-state index contributed by atoms with van der Waals surface area (Å²) < 4.78 is 0. The highest BCUT2D eigenvalue weighted by molar-refractivity contribution is 7.40. The van der Waals surface area contributed by atoms with Gasteiger partial charge in [0.1, 0.15) is 0 Å². The van der Waals surface area contributed by atoms with E-state index >= 15 is 0 Å². The van der Waals surface area contributed by atoms with E-state index in [9.17, 15) is 0 Å². The smallest absolute Gasteiger partial charge is 0.0479 e. The first-order valence-corrected chi connectivity index (χ1v) is 11.5. The Balaban J connectivity index is 4.33. The molecule has 0 atom stereocenters. The van der Waals surface area contributed by atoms with Crippen molar-refractivity contribution in [3.63, 3.8) is 0 Å². The van der Waals surface area contributed by atoms with E-state index in [0.29, 0.717) is 0 Å². The monoisotopic (exact) mass is 187 g/mol. The maximum Gasteiger partial charge on any atom is 0.0479 e. The Kier molecular flexibility index (Phi) is 3.35. The van der Waals surface area contributed by atoms with E-state index in [-0.39, 0.29) is 0 Å². The van der Waals surface area contributed by atoms with Crippen molar-refractivity contribution in [1.29, 1.82) is 0 Å². The minimum atomic E-state index is -1.21. The lowest BCUT2D eigenvalue weighted by molar-refractivity contribution is 1.26. The number of nitrogens with zero attached hydrogens (tertiary/aromatic N) is 3. The highest BCUT2D eigenvalue weighted by atomic mass is 29.3. The van der Waals surface area contributed by atoms with Gasteiger partial charge >= 0.3 is 0 Å². The third kappa shape index (κ3) is 3.09. The molecule has 0 rings (SSSR count). The molecule has 0 aromatic carbocycles. The van der Waals surface area contributed by atoms with Crippen molar-refractivity contribution in [3.8, 4) is 0 Å². The van der Waals surface area contributed by atoms with Crippen LogP contribution in [-0.4, -0.2) is 21.4 Å². The first-order valence-electron chi connectivity index (χ1n) is 3.82. The van der Waals surface area contributed by atoms with Crippen LogP contribution in [0.2, 0.25) is 32.7 Å². The molecule has 0 amide bonds. The molecule has 0 aliphatic carbocycles. The lowest BCUT2D eigenvalue weighted by Gasteiger charge is -2.33. The molecule has 0 aliphatic heterocycles. The van der Waals surface area contributed by atoms with Crippen molar-refractivity contribution >= 4 is 15.2 Å². The zero-order valence-electron chi connectivity index (χ0n) is 8.05. The molecule has 0 aliphatic rings. The summed E-state index contributed by atoms with van der Waals surface area (Å²) in [7, 11) is -2.26. The first kappa shape index (κ1) is 10.7. The highest BCUT2D eigenvalue weighted by Crippen LogP contribution is 2.18. The van der Waals surface area contributed by atoms with Crippen LogP contribution in [-0.2, 0) is 0 Å². The molecule has 64 valence electrons. The van der Waals surface area contributed by atoms with Gasteiger partial charge in [-0.3, -0.25) is 0 Å². The fourth-order valence-electron chi connectivity index (χ4n) is 0.446. The van der Waals surface area contributed by atoms with Gasteiger partial charge in [-0.05, 0) is 5.53 Å². The summed E-state index contributed by atoms with van der Waals surface area (Å²) in [4.78, 5) is 2.82. The summed E-state index contributed by atoms with van der Waals surface area (Å²) in [5, 5.41) is 3.69. The zero-order chi connectivity index (χ0) is 9.12. The summed E-state index contributed by atoms with van der Waals surface area (Å²) in [6.07, 6.45) is 0.763. The molecule has 0 N–H and O–H groups in total. The fraction of sp³-hybridized carbons (Fsp3) is 1.00. The van der Waals surface area contributed by atoms with Crippen molar-refractivity contribution in [1.82, 2.24) is 0 Å². The molecule has 0 saturated heterocycles. The Morgan fingerprint density at radius 1 is 1.18 bits per heavy atom. The quantitative estimate of drug-likeness (QED) is 0.282. The van der Waals surface area contributed by atoms with E-state index in [4.69, 9.17) is 5.53 Å². The highest BCUT2D eigenvalue weighted by Gasteiger charge is 2.35. The number of hydrogen-bond acceptors (Lipinski definition) is 1. The molecule has 0 heterocycles. The third-order valence-electron chi connectivity index (χ3n) is 2.56. The molecule has 0 bridgehead atoms. The van der Waals surface area contributed by atoms with E-state index in [2.05, 4.69) is 42.8 Å². The molecule has 5 heteroatoms. The maximum atomic E-state index is 8.19. The minimum Gasteiger partial charge on any atom is -0.0971 e. The molecule has 11 heavy (non-hydrogen) atoms. The van der Waals surface area contributed by atoms with E-state index in [1.165, 1.54) is 0 Å². The second-order valence-electron chi connectivity index (χ2n) is 4.52. The summed E-state index contributed by atoms with van der Waals surface area (Å²) in [5.41, 5.74) is 8.19. The average Bonchev–Trinajstić information content (AvgIpc) is 1.81. The van der Waals surface area contributed by atoms with Crippen LogP contribution >= 0.6 is 0 Å². The van der Waals surface area contributed by atoms with Crippen LogP contribution < -0.4 is 0 Å². The van der Waals surface area contributed by atoms with Crippen molar-refractivity contribution in [2.75, 3.05) is 6.17 Å². The normalized spacial score (nSPS) is 12.5. The summed E-state index contributed by atoms with van der Waals surface area (Å²) in [5.74, 6) is 0. The van der Waals surface area contributed by atoms with Crippen LogP contribution in [0.15, 0.2) is 5.11 Å². The average molecular weight is 187 g/mol. The lowest BCUT2D eigenvalue weighted by atomic mass is 11.5. The minimum absolute atomic E-state index is 0.763. The molecular weight excluding hydrogens is 170 g/mol. The number of azide groups is 1. The summed E-state index contributed by atoms with van der Waals surface area (Å²) >= 11 is 0. The van der Waals surface area contributed by atoms with Crippen molar-refractivity contribution in [3.05, 3.63) is 10.4 Å². The largest absolute Gasteiger partial charge is 0.0971 e. The second kappa shape index (κ2) is 3.43. The van der Waals surface area contributed by atoms with Crippen LogP contribution in [0.1, 0.15) is 0 Å². The Bertz CT molecular complexity index is 177. The zero-order valence-corrected chi connectivity index (χ0v) is 10.0. The van der Waals surface area contributed by atoms with Crippen molar-refractivity contribution < 1.29 is 0 Å². The lowest BCUT2D eigenvalue weighted by Crippen LogP contribution is -2.54. The molecule has 0 fully saturated rings. The molecule has 0 unspecified atom stereocenters. The van der Waals surface area contributed by atoms with Gasteiger partial charge in [0.05, 0.1) is 0 Å². The second-order valence-corrected chi connectivity index (χ2v) is 21.7. The summed E-state index contributed by atoms with van der Waals surface area (Å²) in [6.45, 7) is 11.7. The Morgan fingerprint density at radius 3 is 1.91 bits per heavy atom. The van der Waals surface area contributed by atoms with E-state index in [1.807, 2.05) is 0 Å². The Hall–Kier alpha value is -0.256. The van der Waals surface area contributed by atoms with E-state index < -0.39 is 15.2 Å². The van der Waals surface area contributed by atoms with Gasteiger partial charge in [0.25, 0.3) is 0 Å². The van der Waals surface area contributed by atoms with E-state index in [0.717, 1.165) is 6.17 Å². The van der Waals surface area contributed by atoms with Gasteiger partial charge in [-0.15, -0.1) is 0 Å². The molecule has 0 aromatic heterocycles. The van der Waals surface area contributed by atoms with Gasteiger partial charge in [0.15, 0.2) is 0 Å². The number of hydrogen-bond donors (Lipinski definition) is 0. The predicted octanol–water partition coefficient (Wildman–Crippen LogP) is 2.96. The van der Waals surface area contributed by atoms with Crippen LogP contribution in [0.4, 0.5) is 0 Å². The van der Waals surface area contributed by atoms with Crippen molar-refractivity contribution in [2.45, 2.75) is 32.7 Å². The molecule has 0 radical (unpaired) electrons. The van der Waals surface area contributed by atoms with Crippen LogP contribution in [0, 0.1) is 0 Å². The van der Waals surface area contributed by atoms with Crippen LogP contribution in [0.5, 0.6) is 0 Å². The van der Waals surface area contributed by atoms with Gasteiger partial charge in [-0.25, -0.2) is 0 Å². The first-order chi connectivity index (χ1) is 4.81. The van der Waals surface area contributed by atoms with Gasteiger partial charge in [0, 0.05) is 26.3 Å². The molecular formula is C6H17N3Si2. The van der Waals surface area contributed by atoms with Gasteiger partial charge < -0.3 is 0 Å². The van der Waals surface area contributed by atoms with E-state index in [1.54, 1.807) is 0 Å². The Morgan fingerprint density at radius 2 is 1.64 bits per heavy atom. The summed E-state index contributed by atoms with van der Waals surface area (Å²) in [6, 6.07) is 0. The SMILES string of the molecule is C[Si](C)(C)[Si](C)(C)CN=[N+]=[N-]. The van der Waals surface area contributed by atoms with Gasteiger partial charge in [0.2, 0.25) is 0 Å². The fourth-order valence-corrected chi connectivity index (χ4v) is 2.97. The molecule has 0 saturated carbocycles. The standard InChI is InChI=1S/C6H17N3Si2/c1-10(2,3)11(4,5)6-8-9-7/h6H2,1-5H3. The Labute approximate surface area is 70.2 Å². The topological polar surface area (TPSA) is 48.8 Å². The van der Waals surface area contributed by atoms with Gasteiger partial charge in [-0.1, -0.05) is 37.8 Å². The van der Waals surface area contributed by atoms with Crippen molar-refractivity contribution in [2.24, 2.45) is 5.11 Å². The maximum absolute atomic E-state index is 8.19. The third-order valence-corrected chi connectivity index (χ3v) is 20.2. The molecule has 0 spiro atoms.